The molecule has 0 saturated carbocycles. The Morgan fingerprint density at radius 2 is 2.15 bits per heavy atom. The van der Waals surface area contributed by atoms with Crippen LogP contribution in [0.25, 0.3) is 0 Å². The summed E-state index contributed by atoms with van der Waals surface area (Å²) in [5.74, 6) is -0.959. The summed E-state index contributed by atoms with van der Waals surface area (Å²) < 4.78 is 5.30. The highest BCUT2D eigenvalue weighted by molar-refractivity contribution is 5.77. The number of carbonyl (C=O) groups is 2. The number of rotatable bonds is 4. The van der Waals surface area contributed by atoms with Crippen LogP contribution < -0.4 is 0 Å². The number of hydrogen-bond donors (Lipinski definition) is 1. The third-order valence-electron chi connectivity index (χ3n) is 4.17. The van der Waals surface area contributed by atoms with Gasteiger partial charge in [0, 0.05) is 19.6 Å². The lowest BCUT2D eigenvalue weighted by atomic mass is 10.0. The first-order valence-corrected chi connectivity index (χ1v) is 7.40. The zero-order chi connectivity index (χ0) is 14.7. The molecule has 0 radical (unpaired) electrons. The summed E-state index contributed by atoms with van der Waals surface area (Å²) in [7, 11) is 0. The van der Waals surface area contributed by atoms with Crippen molar-refractivity contribution in [1.82, 2.24) is 9.80 Å². The molecule has 2 fully saturated rings. The van der Waals surface area contributed by atoms with Crippen LogP contribution in [-0.4, -0.2) is 65.8 Å². The first-order chi connectivity index (χ1) is 9.54. The van der Waals surface area contributed by atoms with E-state index in [0.717, 1.165) is 25.9 Å². The second-order valence-corrected chi connectivity index (χ2v) is 5.87. The van der Waals surface area contributed by atoms with E-state index in [-0.39, 0.29) is 18.7 Å². The minimum absolute atomic E-state index is 0.0297. The van der Waals surface area contributed by atoms with Crippen molar-refractivity contribution in [2.24, 2.45) is 11.8 Å². The zero-order valence-electron chi connectivity index (χ0n) is 12.2. The molecular formula is C14H24N2O4. The number of amides is 2. The number of urea groups is 1. The fourth-order valence-corrected chi connectivity index (χ4v) is 3.02. The third kappa shape index (κ3) is 3.06. The minimum Gasteiger partial charge on any atom is -0.481 e. The van der Waals surface area contributed by atoms with Crippen LogP contribution >= 0.6 is 0 Å². The average Bonchev–Trinajstić information content (AvgIpc) is 3.03. The van der Waals surface area contributed by atoms with Crippen LogP contribution in [0.5, 0.6) is 0 Å². The van der Waals surface area contributed by atoms with Crippen LogP contribution in [0, 0.1) is 11.8 Å². The fourth-order valence-electron chi connectivity index (χ4n) is 3.02. The molecule has 0 spiro atoms. The van der Waals surface area contributed by atoms with Crippen molar-refractivity contribution in [2.45, 2.75) is 32.7 Å². The van der Waals surface area contributed by atoms with Crippen molar-refractivity contribution in [2.75, 3.05) is 32.8 Å². The highest BCUT2D eigenvalue weighted by atomic mass is 16.5. The van der Waals surface area contributed by atoms with Gasteiger partial charge in [-0.25, -0.2) is 4.79 Å². The van der Waals surface area contributed by atoms with Gasteiger partial charge < -0.3 is 19.6 Å². The summed E-state index contributed by atoms with van der Waals surface area (Å²) in [5, 5.41) is 9.26. The average molecular weight is 284 g/mol. The molecule has 0 aromatic rings. The summed E-state index contributed by atoms with van der Waals surface area (Å²) in [6.07, 6.45) is 1.84. The molecular weight excluding hydrogens is 260 g/mol. The number of ether oxygens (including phenoxy) is 1. The maximum atomic E-state index is 12.6. The van der Waals surface area contributed by atoms with Crippen LogP contribution in [0.4, 0.5) is 4.79 Å². The van der Waals surface area contributed by atoms with Crippen LogP contribution in [0.15, 0.2) is 0 Å². The van der Waals surface area contributed by atoms with Crippen molar-refractivity contribution >= 4 is 12.0 Å². The van der Waals surface area contributed by atoms with Crippen LogP contribution in [0.2, 0.25) is 0 Å². The first-order valence-electron chi connectivity index (χ1n) is 7.40. The molecule has 6 heteroatoms. The Labute approximate surface area is 119 Å². The first kappa shape index (κ1) is 15.1. The summed E-state index contributed by atoms with van der Waals surface area (Å²) >= 11 is 0. The van der Waals surface area contributed by atoms with Gasteiger partial charge in [-0.05, 0) is 18.8 Å². The fraction of sp³-hybridized carbons (Fsp3) is 0.857. The van der Waals surface area contributed by atoms with E-state index in [0.29, 0.717) is 19.1 Å². The van der Waals surface area contributed by atoms with Crippen LogP contribution in [0.3, 0.4) is 0 Å². The summed E-state index contributed by atoms with van der Waals surface area (Å²) in [5.41, 5.74) is 0. The van der Waals surface area contributed by atoms with Crippen LogP contribution in [-0.2, 0) is 9.53 Å². The summed E-state index contributed by atoms with van der Waals surface area (Å²) in [6.45, 7) is 6.78. The van der Waals surface area contributed by atoms with Gasteiger partial charge in [-0.3, -0.25) is 4.79 Å². The molecule has 1 N–H and O–H groups in total. The van der Waals surface area contributed by atoms with Crippen molar-refractivity contribution in [1.29, 1.82) is 0 Å². The van der Waals surface area contributed by atoms with Gasteiger partial charge in [0.2, 0.25) is 0 Å². The Morgan fingerprint density at radius 3 is 2.70 bits per heavy atom. The Kier molecular flexibility index (Phi) is 4.86. The van der Waals surface area contributed by atoms with Gasteiger partial charge in [-0.1, -0.05) is 13.8 Å². The maximum Gasteiger partial charge on any atom is 0.320 e. The van der Waals surface area contributed by atoms with Gasteiger partial charge in [0.1, 0.15) is 5.92 Å². The molecule has 3 atom stereocenters. The SMILES string of the molecule is CCCN(C(=O)N1CCC(C)C1)C1COCC1C(=O)O. The van der Waals surface area contributed by atoms with Crippen molar-refractivity contribution in [3.63, 3.8) is 0 Å². The van der Waals surface area contributed by atoms with Gasteiger partial charge in [-0.2, -0.15) is 0 Å². The highest BCUT2D eigenvalue weighted by Gasteiger charge is 2.41. The number of carboxylic acids is 1. The Bertz CT molecular complexity index is 374. The van der Waals surface area contributed by atoms with Gasteiger partial charge in [0.15, 0.2) is 0 Å². The van der Waals surface area contributed by atoms with Crippen molar-refractivity contribution in [3.05, 3.63) is 0 Å². The molecule has 2 amide bonds. The van der Waals surface area contributed by atoms with E-state index in [1.54, 1.807) is 4.90 Å². The Hall–Kier alpha value is -1.30. The predicted octanol–water partition coefficient (Wildman–Crippen LogP) is 1.26. The molecule has 2 aliphatic rings. The lowest BCUT2D eigenvalue weighted by Gasteiger charge is -2.33. The molecule has 6 nitrogen and oxygen atoms in total. The summed E-state index contributed by atoms with van der Waals surface area (Å²) in [6, 6.07) is -0.367. The quantitative estimate of drug-likeness (QED) is 0.843. The van der Waals surface area contributed by atoms with E-state index in [1.807, 2.05) is 11.8 Å². The highest BCUT2D eigenvalue weighted by Crippen LogP contribution is 2.24. The van der Waals surface area contributed by atoms with E-state index in [4.69, 9.17) is 4.74 Å². The van der Waals surface area contributed by atoms with Gasteiger partial charge in [0.25, 0.3) is 0 Å². The topological polar surface area (TPSA) is 70.1 Å². The van der Waals surface area contributed by atoms with Gasteiger partial charge in [0.05, 0.1) is 19.3 Å². The van der Waals surface area contributed by atoms with Crippen LogP contribution in [0.1, 0.15) is 26.7 Å². The number of nitrogens with zero attached hydrogens (tertiary/aromatic N) is 2. The number of likely N-dealkylation sites (tertiary alicyclic amines) is 1. The van der Waals surface area contributed by atoms with E-state index in [2.05, 4.69) is 6.92 Å². The van der Waals surface area contributed by atoms with Gasteiger partial charge >= 0.3 is 12.0 Å². The minimum atomic E-state index is -0.879. The number of aliphatic carboxylic acids is 1. The van der Waals surface area contributed by atoms with E-state index in [9.17, 15) is 14.7 Å². The zero-order valence-corrected chi connectivity index (χ0v) is 12.2. The molecule has 2 aliphatic heterocycles. The molecule has 0 aromatic heterocycles. The predicted molar refractivity (Wildman–Crippen MR) is 73.5 cm³/mol. The monoisotopic (exact) mass is 284 g/mol. The second kappa shape index (κ2) is 6.43. The standard InChI is InChI=1S/C14H24N2O4/c1-3-5-16(12-9-20-8-11(12)13(17)18)14(19)15-6-4-10(2)7-15/h10-12H,3-9H2,1-2H3,(H,17,18). The number of carbonyl (C=O) groups excluding carboxylic acids is 1. The Morgan fingerprint density at radius 1 is 1.40 bits per heavy atom. The lowest BCUT2D eigenvalue weighted by Crippen LogP contribution is -2.51. The molecule has 114 valence electrons. The maximum absolute atomic E-state index is 12.6. The van der Waals surface area contributed by atoms with Crippen molar-refractivity contribution < 1.29 is 19.4 Å². The normalized spacial score (nSPS) is 29.7. The molecule has 2 heterocycles. The Balaban J connectivity index is 2.09. The molecule has 2 saturated heterocycles. The van der Waals surface area contributed by atoms with Crippen molar-refractivity contribution in [3.8, 4) is 0 Å². The molecule has 0 aliphatic carbocycles. The van der Waals surface area contributed by atoms with E-state index in [1.165, 1.54) is 0 Å². The lowest BCUT2D eigenvalue weighted by molar-refractivity contribution is -0.142. The smallest absolute Gasteiger partial charge is 0.320 e. The number of carboxylic acid groups (broad SMARTS) is 1. The molecule has 3 unspecified atom stereocenters. The third-order valence-corrected chi connectivity index (χ3v) is 4.17. The summed E-state index contributed by atoms with van der Waals surface area (Å²) in [4.78, 5) is 27.5. The van der Waals surface area contributed by atoms with Gasteiger partial charge in [-0.15, -0.1) is 0 Å². The molecule has 0 aromatic carbocycles. The molecule has 20 heavy (non-hydrogen) atoms. The second-order valence-electron chi connectivity index (χ2n) is 5.87. The van der Waals surface area contributed by atoms with E-state index < -0.39 is 11.9 Å². The number of hydrogen-bond acceptors (Lipinski definition) is 3. The molecule has 0 bridgehead atoms. The largest absolute Gasteiger partial charge is 0.481 e. The molecule has 2 rings (SSSR count). The van der Waals surface area contributed by atoms with E-state index >= 15 is 0 Å².